The molecule has 0 saturated heterocycles. The van der Waals surface area contributed by atoms with Crippen LogP contribution in [0.3, 0.4) is 0 Å². The van der Waals surface area contributed by atoms with Gasteiger partial charge in [0.05, 0.1) is 12.0 Å². The molecule has 1 fully saturated rings. The van der Waals surface area contributed by atoms with Gasteiger partial charge in [0.2, 0.25) is 0 Å². The maximum absolute atomic E-state index is 13.6. The van der Waals surface area contributed by atoms with E-state index >= 15 is 0 Å². The lowest BCUT2D eigenvalue weighted by Gasteiger charge is -2.31. The zero-order valence-corrected chi connectivity index (χ0v) is 15.7. The number of aryl methyl sites for hydroxylation is 1. The van der Waals surface area contributed by atoms with Crippen molar-refractivity contribution in [1.29, 1.82) is 0 Å². The Bertz CT molecular complexity index is 747. The van der Waals surface area contributed by atoms with E-state index in [0.29, 0.717) is 30.2 Å². The van der Waals surface area contributed by atoms with Gasteiger partial charge >= 0.3 is 0 Å². The van der Waals surface area contributed by atoms with Gasteiger partial charge in [-0.05, 0) is 37.3 Å². The number of aromatic nitrogens is 2. The first-order chi connectivity index (χ1) is 13.1. The number of anilines is 1. The van der Waals surface area contributed by atoms with Crippen LogP contribution in [-0.4, -0.2) is 33.2 Å². The molecule has 0 amide bonds. The van der Waals surface area contributed by atoms with E-state index in [4.69, 9.17) is 0 Å². The van der Waals surface area contributed by atoms with Crippen molar-refractivity contribution < 1.29 is 9.50 Å². The quantitative estimate of drug-likeness (QED) is 0.312. The Balaban J connectivity index is 1.66. The van der Waals surface area contributed by atoms with Crippen molar-refractivity contribution in [3.8, 4) is 5.75 Å². The number of phenols is 1. The van der Waals surface area contributed by atoms with Crippen LogP contribution in [0.5, 0.6) is 5.75 Å². The van der Waals surface area contributed by atoms with Crippen LogP contribution in [0, 0.1) is 11.7 Å². The molecule has 27 heavy (non-hydrogen) atoms. The van der Waals surface area contributed by atoms with Crippen molar-refractivity contribution >= 4 is 11.6 Å². The molecule has 1 aromatic heterocycles. The number of halogens is 1. The smallest absolute Gasteiger partial charge is 0.196 e. The van der Waals surface area contributed by atoms with Crippen LogP contribution in [0.25, 0.3) is 0 Å². The summed E-state index contributed by atoms with van der Waals surface area (Å²) in [6, 6.07) is 4.19. The average Bonchev–Trinajstić information content (AvgIpc) is 3.17. The number of hydrogen-bond acceptors (Lipinski definition) is 3. The standard InChI is InChI=1S/C20H28FN5O/c1-15-5-2-3-6-17(15)24-20(23-9-4-11-26-12-10-22-14-26)25-18-13-16(21)7-8-19(18)27/h7-8,10,12-15,17,27H,2-6,9,11H2,1H3,(H2,23,24,25). The van der Waals surface area contributed by atoms with Crippen molar-refractivity contribution in [2.45, 2.75) is 51.6 Å². The third kappa shape index (κ3) is 5.70. The minimum Gasteiger partial charge on any atom is -0.506 e. The number of benzene rings is 1. The first-order valence-electron chi connectivity index (χ1n) is 9.64. The fourth-order valence-electron chi connectivity index (χ4n) is 3.43. The molecule has 0 spiro atoms. The molecular weight excluding hydrogens is 345 g/mol. The molecule has 0 radical (unpaired) electrons. The summed E-state index contributed by atoms with van der Waals surface area (Å²) in [5.74, 6) is 0.736. The maximum atomic E-state index is 13.6. The van der Waals surface area contributed by atoms with Crippen molar-refractivity contribution in [2.24, 2.45) is 10.9 Å². The van der Waals surface area contributed by atoms with Crippen molar-refractivity contribution in [1.82, 2.24) is 14.9 Å². The van der Waals surface area contributed by atoms with E-state index in [-0.39, 0.29) is 5.75 Å². The van der Waals surface area contributed by atoms with Crippen LogP contribution in [-0.2, 0) is 6.54 Å². The summed E-state index contributed by atoms with van der Waals surface area (Å²) >= 11 is 0. The van der Waals surface area contributed by atoms with E-state index in [2.05, 4.69) is 27.5 Å². The van der Waals surface area contributed by atoms with E-state index in [0.717, 1.165) is 19.4 Å². The lowest BCUT2D eigenvalue weighted by Crippen LogP contribution is -2.44. The van der Waals surface area contributed by atoms with Crippen molar-refractivity contribution in [3.05, 3.63) is 42.7 Å². The summed E-state index contributed by atoms with van der Waals surface area (Å²) in [7, 11) is 0. The normalized spacial score (nSPS) is 20.4. The monoisotopic (exact) mass is 373 g/mol. The number of hydrogen-bond donors (Lipinski definition) is 3. The highest BCUT2D eigenvalue weighted by atomic mass is 19.1. The van der Waals surface area contributed by atoms with Crippen molar-refractivity contribution in [3.63, 3.8) is 0 Å². The van der Waals surface area contributed by atoms with Crippen molar-refractivity contribution in [2.75, 3.05) is 11.9 Å². The van der Waals surface area contributed by atoms with Crippen LogP contribution >= 0.6 is 0 Å². The molecule has 1 heterocycles. The molecule has 1 aliphatic carbocycles. The fraction of sp³-hybridized carbons (Fsp3) is 0.500. The fourth-order valence-corrected chi connectivity index (χ4v) is 3.43. The molecule has 1 saturated carbocycles. The van der Waals surface area contributed by atoms with Gasteiger partial charge in [-0.1, -0.05) is 19.8 Å². The molecule has 2 unspecified atom stereocenters. The Hall–Kier alpha value is -2.57. The van der Waals surface area contributed by atoms with Crippen LogP contribution in [0.1, 0.15) is 39.0 Å². The number of nitrogens with zero attached hydrogens (tertiary/aromatic N) is 3. The third-order valence-electron chi connectivity index (χ3n) is 5.05. The number of aliphatic imine (C=N–C) groups is 1. The molecule has 3 N–H and O–H groups in total. The van der Waals surface area contributed by atoms with Gasteiger partial charge < -0.3 is 20.3 Å². The summed E-state index contributed by atoms with van der Waals surface area (Å²) in [6.07, 6.45) is 11.1. The van der Waals surface area contributed by atoms with Crippen LogP contribution < -0.4 is 10.6 Å². The molecule has 2 atom stereocenters. The second-order valence-electron chi connectivity index (χ2n) is 7.18. The number of nitrogens with one attached hydrogen (secondary N) is 2. The van der Waals surface area contributed by atoms with Gasteiger partial charge in [-0.25, -0.2) is 9.37 Å². The molecule has 146 valence electrons. The largest absolute Gasteiger partial charge is 0.506 e. The van der Waals surface area contributed by atoms with E-state index in [9.17, 15) is 9.50 Å². The highest BCUT2D eigenvalue weighted by molar-refractivity contribution is 5.95. The summed E-state index contributed by atoms with van der Waals surface area (Å²) in [5.41, 5.74) is 0.319. The van der Waals surface area contributed by atoms with Crippen LogP contribution in [0.15, 0.2) is 41.9 Å². The van der Waals surface area contributed by atoms with Gasteiger partial charge in [-0.3, -0.25) is 4.99 Å². The molecule has 0 aliphatic heterocycles. The van der Waals surface area contributed by atoms with Gasteiger partial charge in [0, 0.05) is 37.6 Å². The number of rotatable bonds is 6. The zero-order chi connectivity index (χ0) is 19.1. The lowest BCUT2D eigenvalue weighted by molar-refractivity contribution is 0.308. The molecular formula is C20H28FN5O. The zero-order valence-electron chi connectivity index (χ0n) is 15.7. The summed E-state index contributed by atoms with van der Waals surface area (Å²) in [6.45, 7) is 3.69. The predicted octanol–water partition coefficient (Wildman–Crippen LogP) is 3.75. The highest BCUT2D eigenvalue weighted by Crippen LogP contribution is 2.25. The second-order valence-corrected chi connectivity index (χ2v) is 7.18. The lowest BCUT2D eigenvalue weighted by atomic mass is 9.86. The minimum absolute atomic E-state index is 0.000933. The predicted molar refractivity (Wildman–Crippen MR) is 105 cm³/mol. The SMILES string of the molecule is CC1CCCCC1NC(=NCCCn1ccnc1)Nc1cc(F)ccc1O. The van der Waals surface area contributed by atoms with Gasteiger partial charge in [0.15, 0.2) is 5.96 Å². The Morgan fingerprint density at radius 2 is 2.22 bits per heavy atom. The van der Waals surface area contributed by atoms with E-state index in [1.54, 1.807) is 12.5 Å². The number of guanidine groups is 1. The Kier molecular flexibility index (Phi) is 6.68. The molecule has 3 rings (SSSR count). The minimum atomic E-state index is -0.402. The topological polar surface area (TPSA) is 74.5 Å². The molecule has 1 aromatic carbocycles. The van der Waals surface area contributed by atoms with Gasteiger partial charge in [0.1, 0.15) is 11.6 Å². The van der Waals surface area contributed by atoms with E-state index in [1.165, 1.54) is 37.5 Å². The molecule has 0 bridgehead atoms. The van der Waals surface area contributed by atoms with Gasteiger partial charge in [-0.15, -0.1) is 0 Å². The first-order valence-corrected chi connectivity index (χ1v) is 9.64. The summed E-state index contributed by atoms with van der Waals surface area (Å²) < 4.78 is 15.6. The molecule has 1 aliphatic rings. The number of imidazole rings is 1. The molecule has 2 aromatic rings. The highest BCUT2D eigenvalue weighted by Gasteiger charge is 2.22. The summed E-state index contributed by atoms with van der Waals surface area (Å²) in [4.78, 5) is 8.68. The molecule has 6 nitrogen and oxygen atoms in total. The van der Waals surface area contributed by atoms with E-state index in [1.807, 2.05) is 10.8 Å². The average molecular weight is 373 g/mol. The third-order valence-corrected chi connectivity index (χ3v) is 5.05. The second kappa shape index (κ2) is 9.39. The number of phenolic OH excluding ortho intramolecular Hbond substituents is 1. The first kappa shape index (κ1) is 19.2. The molecule has 7 heteroatoms. The van der Waals surface area contributed by atoms with Crippen LogP contribution in [0.4, 0.5) is 10.1 Å². The Morgan fingerprint density at radius 3 is 3.00 bits per heavy atom. The van der Waals surface area contributed by atoms with Gasteiger partial charge in [-0.2, -0.15) is 0 Å². The Labute approximate surface area is 159 Å². The van der Waals surface area contributed by atoms with E-state index < -0.39 is 5.82 Å². The summed E-state index contributed by atoms with van der Waals surface area (Å²) in [5, 5.41) is 16.6. The number of aromatic hydroxyl groups is 1. The maximum Gasteiger partial charge on any atom is 0.196 e. The van der Waals surface area contributed by atoms with Gasteiger partial charge in [0.25, 0.3) is 0 Å². The Morgan fingerprint density at radius 1 is 1.37 bits per heavy atom. The van der Waals surface area contributed by atoms with Crippen LogP contribution in [0.2, 0.25) is 0 Å².